The van der Waals surface area contributed by atoms with Gasteiger partial charge >= 0.3 is 6.18 Å². The first-order valence-corrected chi connectivity index (χ1v) is 8.17. The van der Waals surface area contributed by atoms with Gasteiger partial charge in [-0.1, -0.05) is 13.0 Å². The maximum Gasteiger partial charge on any atom is 0.412 e. The first-order chi connectivity index (χ1) is 11.0. The van der Waals surface area contributed by atoms with Crippen LogP contribution in [0.1, 0.15) is 33.6 Å². The summed E-state index contributed by atoms with van der Waals surface area (Å²) in [5.74, 6) is -0.425. The number of halogens is 3. The van der Waals surface area contributed by atoms with E-state index in [2.05, 4.69) is 0 Å². The summed E-state index contributed by atoms with van der Waals surface area (Å²) in [7, 11) is 1.48. The molecule has 0 radical (unpaired) electrons. The molecule has 1 spiro atoms. The van der Waals surface area contributed by atoms with Crippen molar-refractivity contribution in [3.63, 3.8) is 0 Å². The van der Waals surface area contributed by atoms with Gasteiger partial charge in [-0.15, -0.1) is 0 Å². The third-order valence-corrected chi connectivity index (χ3v) is 5.74. The van der Waals surface area contributed by atoms with Gasteiger partial charge in [-0.25, -0.2) is 0 Å². The van der Waals surface area contributed by atoms with Gasteiger partial charge in [-0.3, -0.25) is 4.79 Å². The van der Waals surface area contributed by atoms with Crippen molar-refractivity contribution >= 4 is 5.78 Å². The summed E-state index contributed by atoms with van der Waals surface area (Å²) in [6, 6.07) is 0. The molecule has 24 heavy (non-hydrogen) atoms. The number of Topliss-reactive ketones (excluding diaryl/α,β-unsaturated/α-hetero) is 1. The molecule has 4 nitrogen and oxygen atoms in total. The number of ether oxygens (including phenoxy) is 3. The zero-order chi connectivity index (χ0) is 17.9. The predicted octanol–water partition coefficient (Wildman–Crippen LogP) is 3.05. The highest BCUT2D eigenvalue weighted by Gasteiger charge is 2.72. The minimum Gasteiger partial charge on any atom is -0.373 e. The van der Waals surface area contributed by atoms with Crippen molar-refractivity contribution < 1.29 is 32.2 Å². The molecular weight excluding hydrogens is 325 g/mol. The van der Waals surface area contributed by atoms with E-state index in [0.717, 1.165) is 13.0 Å². The van der Waals surface area contributed by atoms with E-state index in [4.69, 9.17) is 14.2 Å². The molecule has 0 bridgehead atoms. The highest BCUT2D eigenvalue weighted by atomic mass is 19.4. The molecule has 2 saturated heterocycles. The van der Waals surface area contributed by atoms with Crippen LogP contribution in [0.5, 0.6) is 0 Å². The van der Waals surface area contributed by atoms with Gasteiger partial charge in [0.15, 0.2) is 5.78 Å². The van der Waals surface area contributed by atoms with E-state index in [0.29, 0.717) is 13.0 Å². The van der Waals surface area contributed by atoms with Crippen LogP contribution in [0.3, 0.4) is 0 Å². The number of hydrogen-bond acceptors (Lipinski definition) is 4. The van der Waals surface area contributed by atoms with E-state index in [1.165, 1.54) is 7.11 Å². The monoisotopic (exact) mass is 348 g/mol. The second-order valence-electron chi connectivity index (χ2n) is 7.41. The van der Waals surface area contributed by atoms with Crippen molar-refractivity contribution in [1.29, 1.82) is 0 Å². The fourth-order valence-electron chi connectivity index (χ4n) is 4.16. The van der Waals surface area contributed by atoms with Crippen molar-refractivity contribution in [2.24, 2.45) is 11.8 Å². The minimum atomic E-state index is -4.32. The van der Waals surface area contributed by atoms with Crippen LogP contribution in [0, 0.1) is 11.8 Å². The Hall–Kier alpha value is -0.920. The van der Waals surface area contributed by atoms with Crippen molar-refractivity contribution in [3.05, 3.63) is 11.6 Å². The lowest BCUT2D eigenvalue weighted by molar-refractivity contribution is -0.148. The van der Waals surface area contributed by atoms with Crippen LogP contribution in [0.25, 0.3) is 0 Å². The third kappa shape index (κ3) is 2.80. The number of methoxy groups -OCH3 is 1. The van der Waals surface area contributed by atoms with E-state index in [9.17, 15) is 18.0 Å². The second kappa shape index (κ2) is 5.54. The van der Waals surface area contributed by atoms with Gasteiger partial charge in [0, 0.05) is 18.6 Å². The topological polar surface area (TPSA) is 51.4 Å². The van der Waals surface area contributed by atoms with Gasteiger partial charge in [0.1, 0.15) is 17.3 Å². The number of hydrogen-bond donors (Lipinski definition) is 0. The summed E-state index contributed by atoms with van der Waals surface area (Å²) in [6.07, 6.45) is -3.39. The average Bonchev–Trinajstić information content (AvgIpc) is 3.38. The quantitative estimate of drug-likeness (QED) is 0.579. The van der Waals surface area contributed by atoms with Crippen molar-refractivity contribution in [2.45, 2.75) is 63.2 Å². The number of carbonyl (C=O) groups is 1. The maximum absolute atomic E-state index is 12.6. The molecule has 3 aliphatic rings. The van der Waals surface area contributed by atoms with E-state index in [1.807, 2.05) is 13.8 Å². The second-order valence-corrected chi connectivity index (χ2v) is 7.41. The number of rotatable bonds is 4. The Kier molecular flexibility index (Phi) is 4.13. The van der Waals surface area contributed by atoms with Gasteiger partial charge in [-0.05, 0) is 26.7 Å². The fourth-order valence-corrected chi connectivity index (χ4v) is 4.16. The Labute approximate surface area is 139 Å². The first-order valence-electron chi connectivity index (χ1n) is 8.17. The van der Waals surface area contributed by atoms with E-state index < -0.39 is 29.1 Å². The number of carbonyl (C=O) groups excluding carboxylic acids is 1. The van der Waals surface area contributed by atoms with Gasteiger partial charge < -0.3 is 14.2 Å². The normalized spacial score (nSPS) is 45.6. The van der Waals surface area contributed by atoms with Crippen LogP contribution in [0.4, 0.5) is 13.2 Å². The molecule has 1 saturated carbocycles. The lowest BCUT2D eigenvalue weighted by Gasteiger charge is -2.40. The van der Waals surface area contributed by atoms with E-state index in [1.54, 1.807) is 0 Å². The van der Waals surface area contributed by atoms with Gasteiger partial charge in [-0.2, -0.15) is 13.2 Å². The highest BCUT2D eigenvalue weighted by molar-refractivity contribution is 5.87. The molecule has 6 atom stereocenters. The Bertz CT molecular complexity index is 567. The zero-order valence-electron chi connectivity index (χ0n) is 14.3. The van der Waals surface area contributed by atoms with Crippen LogP contribution < -0.4 is 0 Å². The third-order valence-electron chi connectivity index (χ3n) is 5.74. The molecule has 0 aromatic carbocycles. The summed E-state index contributed by atoms with van der Waals surface area (Å²) in [4.78, 5) is 12.5. The molecule has 0 amide bonds. The molecule has 0 N–H and O–H groups in total. The molecule has 0 aromatic heterocycles. The van der Waals surface area contributed by atoms with Crippen LogP contribution >= 0.6 is 0 Å². The molecule has 2 aliphatic heterocycles. The molecule has 0 aromatic rings. The Morgan fingerprint density at radius 1 is 1.46 bits per heavy atom. The van der Waals surface area contributed by atoms with Crippen LogP contribution in [-0.4, -0.2) is 49.1 Å². The Balaban J connectivity index is 1.77. The summed E-state index contributed by atoms with van der Waals surface area (Å²) >= 11 is 0. The predicted molar refractivity (Wildman–Crippen MR) is 79.5 cm³/mol. The van der Waals surface area contributed by atoms with Crippen molar-refractivity contribution in [2.75, 3.05) is 13.7 Å². The lowest BCUT2D eigenvalue weighted by atomic mass is 9.66. The first kappa shape index (κ1) is 17.9. The fraction of sp³-hybridized carbons (Fsp3) is 0.824. The maximum atomic E-state index is 12.6. The molecule has 3 rings (SSSR count). The summed E-state index contributed by atoms with van der Waals surface area (Å²) in [6.45, 7) is 5.29. The number of allylic oxidation sites excluding steroid dienone is 1. The summed E-state index contributed by atoms with van der Waals surface area (Å²) < 4.78 is 54.8. The molecule has 7 heteroatoms. The van der Waals surface area contributed by atoms with Crippen molar-refractivity contribution in [1.82, 2.24) is 0 Å². The summed E-state index contributed by atoms with van der Waals surface area (Å²) in [5.41, 5.74) is -1.77. The zero-order valence-corrected chi connectivity index (χ0v) is 14.3. The number of epoxide rings is 2. The molecule has 1 aliphatic carbocycles. The van der Waals surface area contributed by atoms with Gasteiger partial charge in [0.25, 0.3) is 0 Å². The Morgan fingerprint density at radius 2 is 2.08 bits per heavy atom. The lowest BCUT2D eigenvalue weighted by Crippen LogP contribution is -2.55. The van der Waals surface area contributed by atoms with Gasteiger partial charge in [0.2, 0.25) is 0 Å². The molecule has 2 heterocycles. The molecule has 136 valence electrons. The van der Waals surface area contributed by atoms with Crippen molar-refractivity contribution in [3.8, 4) is 0 Å². The van der Waals surface area contributed by atoms with E-state index in [-0.39, 0.29) is 30.1 Å². The smallest absolute Gasteiger partial charge is 0.373 e. The number of ketones is 1. The largest absolute Gasteiger partial charge is 0.412 e. The molecule has 3 fully saturated rings. The SMILES string of the molecule is CO[C@@H]1C(=O)[C@@H](C)C[C@]2(CO2)[C@H]1[C@]1(C)O[C@@H]1C/C=C(\C)C(F)(F)F. The number of alkyl halides is 3. The average molecular weight is 348 g/mol. The summed E-state index contributed by atoms with van der Waals surface area (Å²) in [5, 5.41) is 0. The standard InChI is InChI=1S/C17H23F3O4/c1-9-7-16(8-23-16)14(13(22-4)12(9)21)15(3)11(24-15)6-5-10(2)17(18,19)20/h5,9,11,13-14H,6-8H2,1-4H3/b10-5+/t9-,11+,13+,14+,15+,16-/m0/s1. The van der Waals surface area contributed by atoms with Crippen LogP contribution in [0.2, 0.25) is 0 Å². The van der Waals surface area contributed by atoms with Crippen LogP contribution in [-0.2, 0) is 19.0 Å². The van der Waals surface area contributed by atoms with E-state index >= 15 is 0 Å². The Morgan fingerprint density at radius 3 is 2.58 bits per heavy atom. The van der Waals surface area contributed by atoms with Gasteiger partial charge in [0.05, 0.1) is 18.6 Å². The molecule has 0 unspecified atom stereocenters. The minimum absolute atomic E-state index is 0.0149. The van der Waals surface area contributed by atoms with Crippen LogP contribution in [0.15, 0.2) is 11.6 Å². The molecular formula is C17H23F3O4. The highest BCUT2D eigenvalue weighted by Crippen LogP contribution is 2.59.